The van der Waals surface area contributed by atoms with Gasteiger partial charge in [0, 0.05) is 29.1 Å². The Morgan fingerprint density at radius 3 is 2.26 bits per heavy atom. The quantitative estimate of drug-likeness (QED) is 0.875. The van der Waals surface area contributed by atoms with Crippen LogP contribution in [0.25, 0.3) is 0 Å². The van der Waals surface area contributed by atoms with Gasteiger partial charge in [-0.2, -0.15) is 4.98 Å². The van der Waals surface area contributed by atoms with Crippen LogP contribution in [0.2, 0.25) is 0 Å². The maximum absolute atomic E-state index is 5.31. The number of nitrogens with zero attached hydrogens (tertiary/aromatic N) is 2. The second-order valence-corrected chi connectivity index (χ2v) is 6.29. The van der Waals surface area contributed by atoms with Gasteiger partial charge in [-0.3, -0.25) is 0 Å². The summed E-state index contributed by atoms with van der Waals surface area (Å²) in [6, 6.07) is 7.50. The summed E-state index contributed by atoms with van der Waals surface area (Å²) in [5.41, 5.74) is 1.64. The standard InChI is InChI=1S/C17H24N4O2/c1-11-9-15(21-17(2,3)4)20-16(18-11)19-12-7-8-13(22-5)14(10-12)23-6/h7-10H,1-6H3,(H2,18,19,20,21). The summed E-state index contributed by atoms with van der Waals surface area (Å²) in [4.78, 5) is 8.93. The second-order valence-electron chi connectivity index (χ2n) is 6.29. The number of aromatic nitrogens is 2. The molecule has 0 saturated heterocycles. The molecule has 0 radical (unpaired) electrons. The van der Waals surface area contributed by atoms with Crippen LogP contribution in [-0.4, -0.2) is 29.7 Å². The lowest BCUT2D eigenvalue weighted by Crippen LogP contribution is -2.27. The molecule has 0 amide bonds. The Labute approximate surface area is 137 Å². The fraction of sp³-hybridized carbons (Fsp3) is 0.412. The van der Waals surface area contributed by atoms with Crippen molar-refractivity contribution in [2.75, 3.05) is 24.9 Å². The highest BCUT2D eigenvalue weighted by molar-refractivity contribution is 5.60. The van der Waals surface area contributed by atoms with Gasteiger partial charge in [-0.25, -0.2) is 4.98 Å². The molecule has 1 heterocycles. The number of rotatable bonds is 5. The Morgan fingerprint density at radius 1 is 0.957 bits per heavy atom. The number of hydrogen-bond donors (Lipinski definition) is 2. The molecular weight excluding hydrogens is 292 g/mol. The van der Waals surface area contributed by atoms with Crippen molar-refractivity contribution >= 4 is 17.5 Å². The molecule has 0 spiro atoms. The third-order valence-electron chi connectivity index (χ3n) is 3.00. The molecule has 2 aromatic rings. The van der Waals surface area contributed by atoms with Crippen LogP contribution in [-0.2, 0) is 0 Å². The topological polar surface area (TPSA) is 68.3 Å². The zero-order valence-corrected chi connectivity index (χ0v) is 14.5. The fourth-order valence-electron chi connectivity index (χ4n) is 2.12. The van der Waals surface area contributed by atoms with Gasteiger partial charge in [0.1, 0.15) is 5.82 Å². The van der Waals surface area contributed by atoms with Gasteiger partial charge in [-0.15, -0.1) is 0 Å². The van der Waals surface area contributed by atoms with Gasteiger partial charge in [-0.1, -0.05) is 0 Å². The van der Waals surface area contributed by atoms with Gasteiger partial charge in [0.15, 0.2) is 11.5 Å². The molecule has 1 aromatic heterocycles. The van der Waals surface area contributed by atoms with Crippen LogP contribution in [0.15, 0.2) is 24.3 Å². The van der Waals surface area contributed by atoms with Crippen LogP contribution < -0.4 is 20.1 Å². The van der Waals surface area contributed by atoms with E-state index in [2.05, 4.69) is 41.4 Å². The van der Waals surface area contributed by atoms with E-state index >= 15 is 0 Å². The van der Waals surface area contributed by atoms with E-state index in [-0.39, 0.29) is 5.54 Å². The summed E-state index contributed by atoms with van der Waals surface area (Å²) in [5.74, 6) is 2.65. The Balaban J connectivity index is 2.26. The average Bonchev–Trinajstić information content (AvgIpc) is 2.44. The van der Waals surface area contributed by atoms with Crippen molar-refractivity contribution in [1.29, 1.82) is 0 Å². The van der Waals surface area contributed by atoms with Crippen LogP contribution in [0.5, 0.6) is 11.5 Å². The van der Waals surface area contributed by atoms with Crippen molar-refractivity contribution in [2.45, 2.75) is 33.2 Å². The van der Waals surface area contributed by atoms with E-state index in [1.807, 2.05) is 31.2 Å². The van der Waals surface area contributed by atoms with E-state index in [0.29, 0.717) is 17.4 Å². The van der Waals surface area contributed by atoms with Crippen molar-refractivity contribution in [2.24, 2.45) is 0 Å². The third-order valence-corrected chi connectivity index (χ3v) is 3.00. The summed E-state index contributed by atoms with van der Waals surface area (Å²) in [6.07, 6.45) is 0. The summed E-state index contributed by atoms with van der Waals surface area (Å²) in [7, 11) is 3.22. The lowest BCUT2D eigenvalue weighted by atomic mass is 10.1. The van der Waals surface area contributed by atoms with E-state index in [4.69, 9.17) is 9.47 Å². The molecule has 0 unspecified atom stereocenters. The summed E-state index contributed by atoms with van der Waals surface area (Å²) in [6.45, 7) is 8.21. The maximum Gasteiger partial charge on any atom is 0.229 e. The number of benzene rings is 1. The van der Waals surface area contributed by atoms with Crippen molar-refractivity contribution < 1.29 is 9.47 Å². The predicted molar refractivity (Wildman–Crippen MR) is 93.0 cm³/mol. The van der Waals surface area contributed by atoms with Crippen LogP contribution in [0.1, 0.15) is 26.5 Å². The Bertz CT molecular complexity index is 681. The molecule has 6 nitrogen and oxygen atoms in total. The first kappa shape index (κ1) is 16.9. The minimum atomic E-state index is -0.0681. The minimum absolute atomic E-state index is 0.0681. The molecule has 0 fully saturated rings. The summed E-state index contributed by atoms with van der Waals surface area (Å²) in [5, 5.41) is 6.55. The van der Waals surface area contributed by atoms with E-state index < -0.39 is 0 Å². The first-order valence-electron chi connectivity index (χ1n) is 7.43. The van der Waals surface area contributed by atoms with Gasteiger partial charge < -0.3 is 20.1 Å². The molecule has 0 aliphatic rings. The van der Waals surface area contributed by atoms with Crippen LogP contribution in [0, 0.1) is 6.92 Å². The molecule has 2 N–H and O–H groups in total. The van der Waals surface area contributed by atoms with Crippen LogP contribution in [0.4, 0.5) is 17.5 Å². The lowest BCUT2D eigenvalue weighted by molar-refractivity contribution is 0.355. The summed E-state index contributed by atoms with van der Waals surface area (Å²) >= 11 is 0. The maximum atomic E-state index is 5.31. The number of aryl methyl sites for hydroxylation is 1. The zero-order chi connectivity index (χ0) is 17.0. The first-order valence-corrected chi connectivity index (χ1v) is 7.43. The first-order chi connectivity index (χ1) is 10.8. The van der Waals surface area contributed by atoms with Crippen molar-refractivity contribution in [3.05, 3.63) is 30.0 Å². The van der Waals surface area contributed by atoms with Gasteiger partial charge in [0.25, 0.3) is 0 Å². The van der Waals surface area contributed by atoms with Gasteiger partial charge in [0.05, 0.1) is 14.2 Å². The molecule has 0 atom stereocenters. The fourth-order valence-corrected chi connectivity index (χ4v) is 2.12. The molecule has 0 aliphatic carbocycles. The number of nitrogens with one attached hydrogen (secondary N) is 2. The molecule has 23 heavy (non-hydrogen) atoms. The number of methoxy groups -OCH3 is 2. The number of ether oxygens (including phenoxy) is 2. The highest BCUT2D eigenvalue weighted by atomic mass is 16.5. The highest BCUT2D eigenvalue weighted by Gasteiger charge is 2.12. The van der Waals surface area contributed by atoms with Gasteiger partial charge >= 0.3 is 0 Å². The monoisotopic (exact) mass is 316 g/mol. The van der Waals surface area contributed by atoms with Gasteiger partial charge in [0.2, 0.25) is 5.95 Å². The van der Waals surface area contributed by atoms with Crippen molar-refractivity contribution in [1.82, 2.24) is 9.97 Å². The Hall–Kier alpha value is -2.50. The number of anilines is 3. The van der Waals surface area contributed by atoms with E-state index in [1.54, 1.807) is 14.2 Å². The zero-order valence-electron chi connectivity index (χ0n) is 14.5. The van der Waals surface area contributed by atoms with E-state index in [9.17, 15) is 0 Å². The van der Waals surface area contributed by atoms with Crippen molar-refractivity contribution in [3.63, 3.8) is 0 Å². The van der Waals surface area contributed by atoms with Crippen molar-refractivity contribution in [3.8, 4) is 11.5 Å². The normalized spacial score (nSPS) is 11.0. The van der Waals surface area contributed by atoms with E-state index in [0.717, 1.165) is 17.2 Å². The molecule has 1 aromatic carbocycles. The van der Waals surface area contributed by atoms with Crippen LogP contribution >= 0.6 is 0 Å². The molecular formula is C17H24N4O2. The van der Waals surface area contributed by atoms with Crippen LogP contribution in [0.3, 0.4) is 0 Å². The lowest BCUT2D eigenvalue weighted by Gasteiger charge is -2.21. The average molecular weight is 316 g/mol. The minimum Gasteiger partial charge on any atom is -0.493 e. The molecule has 0 saturated carbocycles. The highest BCUT2D eigenvalue weighted by Crippen LogP contribution is 2.30. The SMILES string of the molecule is COc1ccc(Nc2nc(C)cc(NC(C)(C)C)n2)cc1OC. The molecule has 124 valence electrons. The predicted octanol–water partition coefficient (Wildman–Crippen LogP) is 3.76. The summed E-state index contributed by atoms with van der Waals surface area (Å²) < 4.78 is 10.6. The van der Waals surface area contributed by atoms with E-state index in [1.165, 1.54) is 0 Å². The second kappa shape index (κ2) is 6.73. The molecule has 2 rings (SSSR count). The smallest absolute Gasteiger partial charge is 0.229 e. The van der Waals surface area contributed by atoms with Gasteiger partial charge in [-0.05, 0) is 39.8 Å². The Kier molecular flexibility index (Phi) is 4.93. The Morgan fingerprint density at radius 2 is 1.65 bits per heavy atom. The largest absolute Gasteiger partial charge is 0.493 e. The molecule has 6 heteroatoms. The number of hydrogen-bond acceptors (Lipinski definition) is 6. The third kappa shape index (κ3) is 4.74. The molecule has 0 bridgehead atoms. The molecule has 0 aliphatic heterocycles.